The number of hydrogen-bond acceptors (Lipinski definition) is 4. The number of amides is 1. The number of alkyl carbamates (subject to hydrolysis) is 1. The first-order chi connectivity index (χ1) is 9.81. The van der Waals surface area contributed by atoms with E-state index in [2.05, 4.69) is 10.1 Å². The summed E-state index contributed by atoms with van der Waals surface area (Å²) >= 11 is 0. The Morgan fingerprint density at radius 1 is 1.19 bits per heavy atom. The molecule has 1 rings (SSSR count). The largest absolute Gasteiger partial charge is 0.469 e. The van der Waals surface area contributed by atoms with Crippen molar-refractivity contribution in [2.75, 3.05) is 7.11 Å². The maximum atomic E-state index is 11.9. The molecule has 0 heterocycles. The molecule has 116 valence electrons. The summed E-state index contributed by atoms with van der Waals surface area (Å²) in [7, 11) is 1.35. The molecule has 21 heavy (non-hydrogen) atoms. The van der Waals surface area contributed by atoms with Gasteiger partial charge in [-0.15, -0.1) is 0 Å². The van der Waals surface area contributed by atoms with E-state index in [1.807, 2.05) is 30.3 Å². The predicted octanol–water partition coefficient (Wildman–Crippen LogP) is 3.21. The molecular formula is C16H23NO4. The van der Waals surface area contributed by atoms with Gasteiger partial charge in [0.1, 0.15) is 5.60 Å². The van der Waals surface area contributed by atoms with Gasteiger partial charge in [0.2, 0.25) is 0 Å². The Hall–Kier alpha value is -2.04. The third kappa shape index (κ3) is 6.79. The van der Waals surface area contributed by atoms with Crippen molar-refractivity contribution in [1.29, 1.82) is 0 Å². The van der Waals surface area contributed by atoms with Crippen LogP contribution in [-0.4, -0.2) is 24.8 Å². The van der Waals surface area contributed by atoms with Crippen molar-refractivity contribution in [3.63, 3.8) is 0 Å². The van der Waals surface area contributed by atoms with E-state index in [0.717, 1.165) is 5.56 Å². The summed E-state index contributed by atoms with van der Waals surface area (Å²) in [5.74, 6) is -0.304. The molecule has 0 saturated carbocycles. The zero-order valence-corrected chi connectivity index (χ0v) is 13.0. The van der Waals surface area contributed by atoms with Crippen molar-refractivity contribution in [1.82, 2.24) is 5.32 Å². The molecule has 0 aliphatic heterocycles. The molecule has 0 unspecified atom stereocenters. The van der Waals surface area contributed by atoms with Crippen LogP contribution in [0.4, 0.5) is 4.79 Å². The van der Waals surface area contributed by atoms with Gasteiger partial charge in [0.05, 0.1) is 13.2 Å². The van der Waals surface area contributed by atoms with Gasteiger partial charge in [-0.2, -0.15) is 0 Å². The molecular weight excluding hydrogens is 270 g/mol. The Morgan fingerprint density at radius 2 is 1.81 bits per heavy atom. The molecule has 5 nitrogen and oxygen atoms in total. The summed E-state index contributed by atoms with van der Waals surface area (Å²) in [5, 5.41) is 2.80. The molecule has 1 aromatic carbocycles. The molecule has 0 radical (unpaired) electrons. The van der Waals surface area contributed by atoms with Gasteiger partial charge in [-0.3, -0.25) is 4.79 Å². The first-order valence-corrected chi connectivity index (χ1v) is 6.93. The van der Waals surface area contributed by atoms with E-state index in [4.69, 9.17) is 4.74 Å². The molecule has 1 aromatic rings. The van der Waals surface area contributed by atoms with Crippen LogP contribution in [0.2, 0.25) is 0 Å². The van der Waals surface area contributed by atoms with Crippen molar-refractivity contribution < 1.29 is 19.1 Å². The van der Waals surface area contributed by atoms with Gasteiger partial charge < -0.3 is 14.8 Å². The van der Waals surface area contributed by atoms with Crippen LogP contribution in [0, 0.1) is 0 Å². The normalized spacial score (nSPS) is 12.4. The molecule has 0 aliphatic carbocycles. The van der Waals surface area contributed by atoms with Crippen LogP contribution in [0.3, 0.4) is 0 Å². The summed E-state index contributed by atoms with van der Waals surface area (Å²) in [6.45, 7) is 5.41. The highest BCUT2D eigenvalue weighted by Gasteiger charge is 2.21. The number of rotatable bonds is 5. The quantitative estimate of drug-likeness (QED) is 0.847. The van der Waals surface area contributed by atoms with E-state index in [0.29, 0.717) is 6.42 Å². The molecule has 0 aliphatic rings. The minimum absolute atomic E-state index is 0.228. The van der Waals surface area contributed by atoms with Crippen LogP contribution in [-0.2, 0) is 14.3 Å². The molecule has 5 heteroatoms. The molecule has 0 spiro atoms. The fourth-order valence-corrected chi connectivity index (χ4v) is 1.82. The molecule has 0 bridgehead atoms. The van der Waals surface area contributed by atoms with Gasteiger partial charge in [0.15, 0.2) is 0 Å². The van der Waals surface area contributed by atoms with Crippen molar-refractivity contribution in [2.24, 2.45) is 0 Å². The van der Waals surface area contributed by atoms with E-state index in [-0.39, 0.29) is 18.4 Å². The smallest absolute Gasteiger partial charge is 0.408 e. The Kier molecular flexibility index (Phi) is 6.21. The second-order valence-electron chi connectivity index (χ2n) is 5.72. The molecule has 0 saturated heterocycles. The Bertz CT molecular complexity index is 465. The first-order valence-electron chi connectivity index (χ1n) is 6.93. The average molecular weight is 293 g/mol. The number of carbonyl (C=O) groups is 2. The fourth-order valence-electron chi connectivity index (χ4n) is 1.82. The summed E-state index contributed by atoms with van der Waals surface area (Å²) in [5.41, 5.74) is 0.362. The lowest BCUT2D eigenvalue weighted by molar-refractivity contribution is -0.140. The lowest BCUT2D eigenvalue weighted by Crippen LogP contribution is -2.35. The number of benzene rings is 1. The van der Waals surface area contributed by atoms with Crippen LogP contribution < -0.4 is 5.32 Å². The Morgan fingerprint density at radius 3 is 2.33 bits per heavy atom. The lowest BCUT2D eigenvalue weighted by atomic mass is 10.0. The van der Waals surface area contributed by atoms with Gasteiger partial charge >= 0.3 is 12.1 Å². The highest BCUT2D eigenvalue weighted by molar-refractivity contribution is 5.70. The Balaban J connectivity index is 2.73. The van der Waals surface area contributed by atoms with Crippen LogP contribution in [0.25, 0.3) is 0 Å². The first kappa shape index (κ1) is 17.0. The van der Waals surface area contributed by atoms with Crippen molar-refractivity contribution in [3.05, 3.63) is 35.9 Å². The molecule has 1 atom stereocenters. The topological polar surface area (TPSA) is 64.6 Å². The number of ether oxygens (including phenoxy) is 2. The van der Waals surface area contributed by atoms with Crippen molar-refractivity contribution in [3.8, 4) is 0 Å². The minimum atomic E-state index is -0.562. The number of hydrogen-bond donors (Lipinski definition) is 1. The number of esters is 1. The standard InChI is InChI=1S/C16H23NO4/c1-16(2,3)21-15(19)17-13(10-11-14(18)20-4)12-8-6-5-7-9-12/h5-9,13H,10-11H2,1-4H3,(H,17,19)/t13-/m0/s1. The third-order valence-corrected chi connectivity index (χ3v) is 2.76. The van der Waals surface area contributed by atoms with E-state index in [9.17, 15) is 9.59 Å². The second kappa shape index (κ2) is 7.67. The van der Waals surface area contributed by atoms with Crippen LogP contribution >= 0.6 is 0 Å². The highest BCUT2D eigenvalue weighted by atomic mass is 16.6. The number of carbonyl (C=O) groups excluding carboxylic acids is 2. The predicted molar refractivity (Wildman–Crippen MR) is 79.8 cm³/mol. The van der Waals surface area contributed by atoms with E-state index < -0.39 is 11.7 Å². The summed E-state index contributed by atoms with van der Waals surface area (Å²) in [6.07, 6.45) is 0.183. The van der Waals surface area contributed by atoms with Gasteiger partial charge in [0, 0.05) is 6.42 Å². The van der Waals surface area contributed by atoms with Crippen LogP contribution in [0.5, 0.6) is 0 Å². The average Bonchev–Trinajstić information content (AvgIpc) is 2.42. The van der Waals surface area contributed by atoms with E-state index >= 15 is 0 Å². The molecule has 1 amide bonds. The van der Waals surface area contributed by atoms with Gasteiger partial charge in [-0.25, -0.2) is 4.79 Å². The maximum Gasteiger partial charge on any atom is 0.408 e. The van der Waals surface area contributed by atoms with Gasteiger partial charge in [-0.1, -0.05) is 30.3 Å². The monoisotopic (exact) mass is 293 g/mol. The van der Waals surface area contributed by atoms with Crippen LogP contribution in [0.15, 0.2) is 30.3 Å². The summed E-state index contributed by atoms with van der Waals surface area (Å²) < 4.78 is 9.90. The molecule has 0 fully saturated rings. The highest BCUT2D eigenvalue weighted by Crippen LogP contribution is 2.19. The summed E-state index contributed by atoms with van der Waals surface area (Å²) in [6, 6.07) is 9.18. The zero-order valence-electron chi connectivity index (χ0n) is 13.0. The van der Waals surface area contributed by atoms with Gasteiger partial charge in [0.25, 0.3) is 0 Å². The van der Waals surface area contributed by atoms with E-state index in [1.165, 1.54) is 7.11 Å². The van der Waals surface area contributed by atoms with Crippen molar-refractivity contribution >= 4 is 12.1 Å². The lowest BCUT2D eigenvalue weighted by Gasteiger charge is -2.23. The van der Waals surface area contributed by atoms with E-state index in [1.54, 1.807) is 20.8 Å². The number of methoxy groups -OCH3 is 1. The second-order valence-corrected chi connectivity index (χ2v) is 5.72. The molecule has 0 aromatic heterocycles. The van der Waals surface area contributed by atoms with Crippen molar-refractivity contribution in [2.45, 2.75) is 45.3 Å². The maximum absolute atomic E-state index is 11.9. The zero-order chi connectivity index (χ0) is 15.9. The summed E-state index contributed by atoms with van der Waals surface area (Å²) in [4.78, 5) is 23.2. The number of nitrogens with one attached hydrogen (secondary N) is 1. The molecule has 1 N–H and O–H groups in total. The minimum Gasteiger partial charge on any atom is -0.469 e. The third-order valence-electron chi connectivity index (χ3n) is 2.76. The SMILES string of the molecule is COC(=O)CC[C@H](NC(=O)OC(C)(C)C)c1ccccc1. The van der Waals surface area contributed by atoms with Gasteiger partial charge in [-0.05, 0) is 32.8 Å². The Labute approximate surface area is 125 Å². The fraction of sp³-hybridized carbons (Fsp3) is 0.500. The van der Waals surface area contributed by atoms with Crippen LogP contribution in [0.1, 0.15) is 45.2 Å².